The van der Waals surface area contributed by atoms with Crippen molar-refractivity contribution >= 4 is 33.2 Å². The maximum Gasteiger partial charge on any atom is 0.259 e. The number of nitrogens with two attached hydrogens (primary N) is 1. The lowest BCUT2D eigenvalue weighted by molar-refractivity contribution is 0.102. The van der Waals surface area contributed by atoms with Gasteiger partial charge >= 0.3 is 0 Å². The number of halogens is 2. The standard InChI is InChI=1S/C13H10BrFN2O2/c14-9-5-4-7(15)6-11(9)17-13(19)8-2-1-3-10(16)12(8)18/h1-6,18H,16H2,(H,17,19). The van der Waals surface area contributed by atoms with Crippen LogP contribution in [0, 0.1) is 5.82 Å². The number of carbonyl (C=O) groups is 1. The summed E-state index contributed by atoms with van der Waals surface area (Å²) in [6, 6.07) is 8.36. The topological polar surface area (TPSA) is 75.4 Å². The molecule has 0 aromatic heterocycles. The number of rotatable bonds is 2. The molecule has 6 heteroatoms. The SMILES string of the molecule is Nc1cccc(C(=O)Nc2cc(F)ccc2Br)c1O. The number of para-hydroxylation sites is 1. The molecule has 0 saturated heterocycles. The fraction of sp³-hybridized carbons (Fsp3) is 0. The Balaban J connectivity index is 2.31. The first-order chi connectivity index (χ1) is 8.99. The second kappa shape index (κ2) is 5.27. The van der Waals surface area contributed by atoms with E-state index in [4.69, 9.17) is 5.73 Å². The highest BCUT2D eigenvalue weighted by Gasteiger charge is 2.14. The summed E-state index contributed by atoms with van der Waals surface area (Å²) in [6.45, 7) is 0. The molecule has 19 heavy (non-hydrogen) atoms. The van der Waals surface area contributed by atoms with Crippen LogP contribution in [0.3, 0.4) is 0 Å². The summed E-state index contributed by atoms with van der Waals surface area (Å²) in [6.07, 6.45) is 0. The van der Waals surface area contributed by atoms with Crippen LogP contribution in [0.4, 0.5) is 15.8 Å². The van der Waals surface area contributed by atoms with Crippen molar-refractivity contribution in [2.24, 2.45) is 0 Å². The van der Waals surface area contributed by atoms with E-state index in [1.807, 2.05) is 0 Å². The number of nitrogen functional groups attached to an aromatic ring is 1. The average molecular weight is 325 g/mol. The molecule has 4 N–H and O–H groups in total. The Labute approximate surface area is 117 Å². The van der Waals surface area contributed by atoms with Crippen LogP contribution in [0.2, 0.25) is 0 Å². The van der Waals surface area contributed by atoms with E-state index in [9.17, 15) is 14.3 Å². The Morgan fingerprint density at radius 1 is 1.32 bits per heavy atom. The highest BCUT2D eigenvalue weighted by atomic mass is 79.9. The van der Waals surface area contributed by atoms with Crippen LogP contribution < -0.4 is 11.1 Å². The molecule has 0 saturated carbocycles. The van der Waals surface area contributed by atoms with Gasteiger partial charge < -0.3 is 16.2 Å². The molecule has 0 fully saturated rings. The Morgan fingerprint density at radius 3 is 2.79 bits per heavy atom. The molecule has 0 spiro atoms. The molecule has 0 heterocycles. The Morgan fingerprint density at radius 2 is 2.05 bits per heavy atom. The van der Waals surface area contributed by atoms with E-state index in [2.05, 4.69) is 21.2 Å². The molecule has 2 aromatic carbocycles. The van der Waals surface area contributed by atoms with Crippen molar-refractivity contribution in [3.63, 3.8) is 0 Å². The quantitative estimate of drug-likeness (QED) is 0.586. The number of benzene rings is 2. The average Bonchev–Trinajstić information content (AvgIpc) is 2.37. The van der Waals surface area contributed by atoms with Crippen molar-refractivity contribution in [3.05, 3.63) is 52.3 Å². The lowest BCUT2D eigenvalue weighted by atomic mass is 10.1. The third-order valence-electron chi connectivity index (χ3n) is 2.49. The number of phenolic OH excluding ortho intramolecular Hbond substituents is 1. The number of hydrogen-bond donors (Lipinski definition) is 3. The third kappa shape index (κ3) is 2.85. The molecular formula is C13H10BrFN2O2. The van der Waals surface area contributed by atoms with Crippen LogP contribution in [0.25, 0.3) is 0 Å². The van der Waals surface area contributed by atoms with Crippen molar-refractivity contribution in [2.75, 3.05) is 11.1 Å². The van der Waals surface area contributed by atoms with Crippen molar-refractivity contribution in [2.45, 2.75) is 0 Å². The molecule has 0 aliphatic rings. The number of anilines is 2. The van der Waals surface area contributed by atoms with Crippen LogP contribution in [0.5, 0.6) is 5.75 Å². The van der Waals surface area contributed by atoms with E-state index in [0.717, 1.165) is 0 Å². The summed E-state index contributed by atoms with van der Waals surface area (Å²) >= 11 is 3.20. The van der Waals surface area contributed by atoms with E-state index in [1.54, 1.807) is 6.07 Å². The first-order valence-corrected chi connectivity index (χ1v) is 6.12. The van der Waals surface area contributed by atoms with Crippen LogP contribution in [-0.4, -0.2) is 11.0 Å². The highest BCUT2D eigenvalue weighted by Crippen LogP contribution is 2.27. The van der Waals surface area contributed by atoms with Crippen molar-refractivity contribution in [1.29, 1.82) is 0 Å². The summed E-state index contributed by atoms with van der Waals surface area (Å²) in [5.74, 6) is -1.35. The minimum Gasteiger partial charge on any atom is -0.505 e. The normalized spacial score (nSPS) is 10.2. The molecular weight excluding hydrogens is 315 g/mol. The molecule has 0 unspecified atom stereocenters. The Kier molecular flexibility index (Phi) is 3.71. The van der Waals surface area contributed by atoms with Gasteiger partial charge in [0.25, 0.3) is 5.91 Å². The third-order valence-corrected chi connectivity index (χ3v) is 3.18. The first-order valence-electron chi connectivity index (χ1n) is 5.33. The molecule has 0 bridgehead atoms. The molecule has 4 nitrogen and oxygen atoms in total. The van der Waals surface area contributed by atoms with Gasteiger partial charge in [0.05, 0.1) is 16.9 Å². The maximum atomic E-state index is 13.1. The molecule has 98 valence electrons. The number of phenols is 1. The zero-order chi connectivity index (χ0) is 14.0. The number of aromatic hydroxyl groups is 1. The number of nitrogens with one attached hydrogen (secondary N) is 1. The van der Waals surface area contributed by atoms with Gasteiger partial charge in [0.15, 0.2) is 5.75 Å². The summed E-state index contributed by atoms with van der Waals surface area (Å²) in [7, 11) is 0. The first kappa shape index (κ1) is 13.4. The van der Waals surface area contributed by atoms with Gasteiger partial charge in [-0.15, -0.1) is 0 Å². The maximum absolute atomic E-state index is 13.1. The lowest BCUT2D eigenvalue weighted by Gasteiger charge is -2.09. The van der Waals surface area contributed by atoms with Crippen LogP contribution in [0.15, 0.2) is 40.9 Å². The zero-order valence-electron chi connectivity index (χ0n) is 9.65. The van der Waals surface area contributed by atoms with E-state index < -0.39 is 11.7 Å². The summed E-state index contributed by atoms with van der Waals surface area (Å²) in [4.78, 5) is 12.0. The Hall–Kier alpha value is -2.08. The fourth-order valence-electron chi connectivity index (χ4n) is 1.53. The Bertz CT molecular complexity index is 647. The minimum atomic E-state index is -0.573. The molecule has 0 radical (unpaired) electrons. The number of amides is 1. The fourth-order valence-corrected chi connectivity index (χ4v) is 1.87. The second-order valence-corrected chi connectivity index (χ2v) is 4.68. The number of hydrogen-bond acceptors (Lipinski definition) is 3. The largest absolute Gasteiger partial charge is 0.505 e. The molecule has 2 rings (SSSR count). The van der Waals surface area contributed by atoms with Gasteiger partial charge in [0.2, 0.25) is 0 Å². The molecule has 0 aliphatic carbocycles. The van der Waals surface area contributed by atoms with Gasteiger partial charge in [-0.05, 0) is 46.3 Å². The van der Waals surface area contributed by atoms with Crippen molar-refractivity contribution in [3.8, 4) is 5.75 Å². The van der Waals surface area contributed by atoms with Gasteiger partial charge in [-0.3, -0.25) is 4.79 Å². The second-order valence-electron chi connectivity index (χ2n) is 3.82. The van der Waals surface area contributed by atoms with Crippen LogP contribution >= 0.6 is 15.9 Å². The van der Waals surface area contributed by atoms with Gasteiger partial charge in [-0.25, -0.2) is 4.39 Å². The highest BCUT2D eigenvalue weighted by molar-refractivity contribution is 9.10. The van der Waals surface area contributed by atoms with Gasteiger partial charge in [0, 0.05) is 4.47 Å². The van der Waals surface area contributed by atoms with E-state index in [-0.39, 0.29) is 22.7 Å². The predicted octanol–water partition coefficient (Wildman–Crippen LogP) is 3.13. The lowest BCUT2D eigenvalue weighted by Crippen LogP contribution is -2.13. The van der Waals surface area contributed by atoms with Crippen LogP contribution in [-0.2, 0) is 0 Å². The summed E-state index contributed by atoms with van der Waals surface area (Å²) in [5, 5.41) is 12.2. The predicted molar refractivity (Wildman–Crippen MR) is 74.6 cm³/mol. The van der Waals surface area contributed by atoms with E-state index in [0.29, 0.717) is 4.47 Å². The van der Waals surface area contributed by atoms with Crippen molar-refractivity contribution < 1.29 is 14.3 Å². The smallest absolute Gasteiger partial charge is 0.259 e. The molecule has 0 aliphatic heterocycles. The van der Waals surface area contributed by atoms with Gasteiger partial charge in [0.1, 0.15) is 5.82 Å². The van der Waals surface area contributed by atoms with E-state index >= 15 is 0 Å². The number of carbonyl (C=O) groups excluding carboxylic acids is 1. The molecule has 2 aromatic rings. The minimum absolute atomic E-state index is 0.0242. The van der Waals surface area contributed by atoms with Gasteiger partial charge in [-0.1, -0.05) is 6.07 Å². The molecule has 0 atom stereocenters. The molecule has 1 amide bonds. The zero-order valence-corrected chi connectivity index (χ0v) is 11.2. The van der Waals surface area contributed by atoms with E-state index in [1.165, 1.54) is 30.3 Å². The summed E-state index contributed by atoms with van der Waals surface area (Å²) in [5.41, 5.74) is 5.90. The summed E-state index contributed by atoms with van der Waals surface area (Å²) < 4.78 is 13.6. The van der Waals surface area contributed by atoms with Crippen LogP contribution in [0.1, 0.15) is 10.4 Å². The van der Waals surface area contributed by atoms with Crippen molar-refractivity contribution in [1.82, 2.24) is 0 Å². The monoisotopic (exact) mass is 324 g/mol. The van der Waals surface area contributed by atoms with Gasteiger partial charge in [-0.2, -0.15) is 0 Å².